The zero-order chi connectivity index (χ0) is 26.7. The number of rotatable bonds is 13. The van der Waals surface area contributed by atoms with E-state index in [-0.39, 0.29) is 23.3 Å². The number of carbonyl (C=O) groups excluding carboxylic acids is 3. The lowest BCUT2D eigenvalue weighted by atomic mass is 10.0. The van der Waals surface area contributed by atoms with Crippen molar-refractivity contribution < 1.29 is 14.4 Å². The number of Topliss-reactive ketones (excluding diaryl/α,β-unsaturated/α-hetero) is 1. The average Bonchev–Trinajstić information content (AvgIpc) is 3.31. The van der Waals surface area contributed by atoms with Gasteiger partial charge in [0.2, 0.25) is 5.91 Å². The van der Waals surface area contributed by atoms with E-state index in [4.69, 9.17) is 0 Å². The minimum absolute atomic E-state index is 0.162. The highest BCUT2D eigenvalue weighted by Crippen LogP contribution is 2.30. The number of H-pyrrole nitrogens is 1. The highest BCUT2D eigenvalue weighted by molar-refractivity contribution is 5.96. The minimum atomic E-state index is -0.682. The maximum absolute atomic E-state index is 13.2. The molecule has 3 N–H and O–H groups in total. The third-order valence-electron chi connectivity index (χ3n) is 6.59. The highest BCUT2D eigenvalue weighted by Gasteiger charge is 2.22. The number of hydrogen-bond donors (Lipinski definition) is 3. The van der Waals surface area contributed by atoms with Gasteiger partial charge in [-0.1, -0.05) is 67.4 Å². The molecule has 0 bridgehead atoms. The van der Waals surface area contributed by atoms with Gasteiger partial charge in [0.1, 0.15) is 17.5 Å². The number of aromatic amines is 1. The first-order valence-electron chi connectivity index (χ1n) is 13.2. The zero-order valence-electron chi connectivity index (χ0n) is 21.7. The minimum Gasteiger partial charge on any atom is -0.354 e. The molecule has 0 aliphatic rings. The van der Waals surface area contributed by atoms with Crippen molar-refractivity contribution in [1.82, 2.24) is 20.6 Å². The SMILES string of the molecule is CC(=O)CCCCCC(NC(=O)c1ccccn1)C(=O)NCCc1c(-c2ccccc2)[nH]c2ccccc12. The summed E-state index contributed by atoms with van der Waals surface area (Å²) in [5, 5.41) is 7.03. The van der Waals surface area contributed by atoms with E-state index in [1.54, 1.807) is 31.3 Å². The molecule has 2 amide bonds. The molecule has 4 rings (SSSR count). The third-order valence-corrected chi connectivity index (χ3v) is 6.59. The van der Waals surface area contributed by atoms with Crippen LogP contribution in [0.3, 0.4) is 0 Å². The van der Waals surface area contributed by atoms with E-state index in [9.17, 15) is 14.4 Å². The molecule has 0 aliphatic heterocycles. The first kappa shape index (κ1) is 26.8. The maximum Gasteiger partial charge on any atom is 0.270 e. The molecular formula is C31H34N4O3. The van der Waals surface area contributed by atoms with Gasteiger partial charge in [-0.15, -0.1) is 0 Å². The molecule has 196 valence electrons. The molecule has 0 aliphatic carbocycles. The second kappa shape index (κ2) is 13.3. The van der Waals surface area contributed by atoms with Crippen molar-refractivity contribution in [2.75, 3.05) is 6.54 Å². The number of carbonyl (C=O) groups is 3. The van der Waals surface area contributed by atoms with Crippen LogP contribution in [-0.2, 0) is 16.0 Å². The Balaban J connectivity index is 1.43. The van der Waals surface area contributed by atoms with Crippen LogP contribution in [0.2, 0.25) is 0 Å². The predicted molar refractivity (Wildman–Crippen MR) is 150 cm³/mol. The molecule has 2 aromatic heterocycles. The number of nitrogens with one attached hydrogen (secondary N) is 3. The number of pyridine rings is 1. The summed E-state index contributed by atoms with van der Waals surface area (Å²) in [6.45, 7) is 2.01. The van der Waals surface area contributed by atoms with Gasteiger partial charge in [-0.2, -0.15) is 0 Å². The summed E-state index contributed by atoms with van der Waals surface area (Å²) >= 11 is 0. The van der Waals surface area contributed by atoms with Gasteiger partial charge < -0.3 is 20.4 Å². The monoisotopic (exact) mass is 510 g/mol. The summed E-state index contributed by atoms with van der Waals surface area (Å²) in [4.78, 5) is 44.8. The average molecular weight is 511 g/mol. The molecular weight excluding hydrogens is 476 g/mol. The van der Waals surface area contributed by atoms with Crippen molar-refractivity contribution in [2.24, 2.45) is 0 Å². The summed E-state index contributed by atoms with van der Waals surface area (Å²) in [6.07, 6.45) is 5.54. The van der Waals surface area contributed by atoms with Crippen molar-refractivity contribution >= 4 is 28.5 Å². The lowest BCUT2D eigenvalue weighted by molar-refractivity contribution is -0.123. The zero-order valence-corrected chi connectivity index (χ0v) is 21.7. The molecule has 38 heavy (non-hydrogen) atoms. The topological polar surface area (TPSA) is 104 Å². The second-order valence-electron chi connectivity index (χ2n) is 9.47. The van der Waals surface area contributed by atoms with Gasteiger partial charge in [-0.3, -0.25) is 14.6 Å². The van der Waals surface area contributed by atoms with E-state index in [1.807, 2.05) is 30.3 Å². The second-order valence-corrected chi connectivity index (χ2v) is 9.47. The Kier molecular flexibility index (Phi) is 9.40. The van der Waals surface area contributed by atoms with Crippen LogP contribution in [0.15, 0.2) is 79.0 Å². The molecule has 2 aromatic carbocycles. The Bertz CT molecular complexity index is 1370. The smallest absolute Gasteiger partial charge is 0.270 e. The van der Waals surface area contributed by atoms with E-state index in [0.717, 1.165) is 47.0 Å². The van der Waals surface area contributed by atoms with Gasteiger partial charge in [-0.25, -0.2) is 0 Å². The van der Waals surface area contributed by atoms with Crippen LogP contribution in [-0.4, -0.2) is 40.2 Å². The molecule has 0 radical (unpaired) electrons. The molecule has 7 nitrogen and oxygen atoms in total. The summed E-state index contributed by atoms with van der Waals surface area (Å²) in [5.74, 6) is -0.436. The number of hydrogen-bond acceptors (Lipinski definition) is 4. The Morgan fingerprint density at radius 2 is 1.66 bits per heavy atom. The Labute approximate surface area is 223 Å². The molecule has 1 atom stereocenters. The summed E-state index contributed by atoms with van der Waals surface area (Å²) in [6, 6.07) is 22.7. The highest BCUT2D eigenvalue weighted by atomic mass is 16.2. The summed E-state index contributed by atoms with van der Waals surface area (Å²) < 4.78 is 0. The van der Waals surface area contributed by atoms with Crippen molar-refractivity contribution in [3.63, 3.8) is 0 Å². The van der Waals surface area contributed by atoms with Crippen LogP contribution in [0.5, 0.6) is 0 Å². The fraction of sp³-hybridized carbons (Fsp3) is 0.290. The largest absolute Gasteiger partial charge is 0.354 e. The first-order chi connectivity index (χ1) is 18.5. The predicted octanol–water partition coefficient (Wildman–Crippen LogP) is 5.23. The van der Waals surface area contributed by atoms with Crippen LogP contribution in [0.1, 0.15) is 55.1 Å². The molecule has 0 saturated heterocycles. The van der Waals surface area contributed by atoms with Crippen molar-refractivity contribution in [3.05, 3.63) is 90.3 Å². The Morgan fingerprint density at radius 3 is 2.42 bits per heavy atom. The first-order valence-corrected chi connectivity index (χ1v) is 13.2. The number of amides is 2. The lowest BCUT2D eigenvalue weighted by Crippen LogP contribution is -2.47. The quantitative estimate of drug-likeness (QED) is 0.214. The molecule has 7 heteroatoms. The van der Waals surface area contributed by atoms with Crippen molar-refractivity contribution in [1.29, 1.82) is 0 Å². The van der Waals surface area contributed by atoms with Gasteiger partial charge >= 0.3 is 0 Å². The summed E-state index contributed by atoms with van der Waals surface area (Å²) in [5.41, 5.74) is 4.61. The summed E-state index contributed by atoms with van der Waals surface area (Å²) in [7, 11) is 0. The number of aromatic nitrogens is 2. The van der Waals surface area contributed by atoms with Gasteiger partial charge in [0.05, 0.1) is 0 Å². The number of fused-ring (bicyclic) bond motifs is 1. The molecule has 0 fully saturated rings. The van der Waals surface area contributed by atoms with Crippen LogP contribution < -0.4 is 10.6 Å². The van der Waals surface area contributed by atoms with Gasteiger partial charge in [0.25, 0.3) is 5.91 Å². The Morgan fingerprint density at radius 1 is 0.895 bits per heavy atom. The maximum atomic E-state index is 13.2. The Hall–Kier alpha value is -4.26. The fourth-order valence-corrected chi connectivity index (χ4v) is 4.64. The van der Waals surface area contributed by atoms with E-state index < -0.39 is 6.04 Å². The van der Waals surface area contributed by atoms with Gasteiger partial charge in [-0.05, 0) is 55.5 Å². The lowest BCUT2D eigenvalue weighted by Gasteiger charge is -2.18. The van der Waals surface area contributed by atoms with E-state index in [1.165, 1.54) is 0 Å². The number of para-hydroxylation sites is 1. The van der Waals surface area contributed by atoms with Crippen LogP contribution >= 0.6 is 0 Å². The van der Waals surface area contributed by atoms with Gasteiger partial charge in [0.15, 0.2) is 0 Å². The molecule has 0 spiro atoms. The molecule has 2 heterocycles. The third kappa shape index (κ3) is 7.16. The molecule has 4 aromatic rings. The van der Waals surface area contributed by atoms with Crippen LogP contribution in [0, 0.1) is 0 Å². The van der Waals surface area contributed by atoms with Gasteiger partial charge in [0, 0.05) is 35.8 Å². The number of ketones is 1. The van der Waals surface area contributed by atoms with Crippen molar-refractivity contribution in [3.8, 4) is 11.3 Å². The number of nitrogens with zero attached hydrogens (tertiary/aromatic N) is 1. The fourth-order valence-electron chi connectivity index (χ4n) is 4.64. The standard InChI is InChI=1S/C31H34N4O3/c1-22(36)12-4-2-7-18-28(35-31(38)27-17-10-11-20-32-27)30(37)33-21-19-25-24-15-8-9-16-26(24)34-29(25)23-13-5-3-6-14-23/h3,5-6,8-11,13-17,20,28,34H,2,4,7,12,18-19,21H2,1H3,(H,33,37)(H,35,38). The van der Waals surface area contributed by atoms with Crippen molar-refractivity contribution in [2.45, 2.75) is 51.5 Å². The van der Waals surface area contributed by atoms with E-state index in [0.29, 0.717) is 25.8 Å². The molecule has 0 saturated carbocycles. The van der Waals surface area contributed by atoms with Crippen LogP contribution in [0.25, 0.3) is 22.2 Å². The normalized spacial score (nSPS) is 11.7. The van der Waals surface area contributed by atoms with Crippen LogP contribution in [0.4, 0.5) is 0 Å². The molecule has 1 unspecified atom stereocenters. The van der Waals surface area contributed by atoms with E-state index >= 15 is 0 Å². The van der Waals surface area contributed by atoms with E-state index in [2.05, 4.69) is 44.9 Å². The number of benzene rings is 2. The number of unbranched alkanes of at least 4 members (excludes halogenated alkanes) is 2.